The van der Waals surface area contributed by atoms with E-state index in [1.54, 1.807) is 7.11 Å². The van der Waals surface area contributed by atoms with Gasteiger partial charge in [0, 0.05) is 44.5 Å². The second-order valence-corrected chi connectivity index (χ2v) is 8.60. The molecule has 7 nitrogen and oxygen atoms in total. The molecule has 3 atom stereocenters. The summed E-state index contributed by atoms with van der Waals surface area (Å²) in [5.74, 6) is -0.474. The molecule has 1 N–H and O–H groups in total. The maximum atomic E-state index is 13.0. The Morgan fingerprint density at radius 1 is 1.24 bits per heavy atom. The van der Waals surface area contributed by atoms with Crippen LogP contribution in [0.25, 0.3) is 0 Å². The number of nitrogens with one attached hydrogen (secondary N) is 1. The van der Waals surface area contributed by atoms with Gasteiger partial charge in [-0.05, 0) is 19.4 Å². The van der Waals surface area contributed by atoms with Crippen LogP contribution >= 0.6 is 0 Å². The Kier molecular flexibility index (Phi) is 10.8. The molecule has 0 saturated carbocycles. The fourth-order valence-corrected chi connectivity index (χ4v) is 3.79. The van der Waals surface area contributed by atoms with Crippen LogP contribution in [0.4, 0.5) is 13.2 Å². The average molecular weight is 488 g/mol. The first-order valence-electron chi connectivity index (χ1n) is 11.7. The molecular formula is C24H36F3N3O4. The van der Waals surface area contributed by atoms with Crippen molar-refractivity contribution in [2.24, 2.45) is 5.92 Å². The van der Waals surface area contributed by atoms with Crippen LogP contribution < -0.4 is 10.9 Å². The van der Waals surface area contributed by atoms with E-state index in [1.807, 2.05) is 19.1 Å². The molecule has 1 aliphatic carbocycles. The van der Waals surface area contributed by atoms with Crippen LogP contribution in [-0.2, 0) is 33.5 Å². The molecular weight excluding hydrogens is 451 g/mol. The Morgan fingerprint density at radius 3 is 2.59 bits per heavy atom. The molecule has 10 heteroatoms. The van der Waals surface area contributed by atoms with Gasteiger partial charge in [-0.25, -0.2) is 0 Å². The molecule has 0 unspecified atom stereocenters. The van der Waals surface area contributed by atoms with Crippen molar-refractivity contribution in [3.63, 3.8) is 0 Å². The highest BCUT2D eigenvalue weighted by atomic mass is 19.4. The summed E-state index contributed by atoms with van der Waals surface area (Å²) in [4.78, 5) is 26.5. The molecule has 2 heterocycles. The predicted octanol–water partition coefficient (Wildman–Crippen LogP) is 3.21. The zero-order valence-corrected chi connectivity index (χ0v) is 20.4. The van der Waals surface area contributed by atoms with Gasteiger partial charge in [0.1, 0.15) is 0 Å². The topological polar surface area (TPSA) is 72.8 Å². The summed E-state index contributed by atoms with van der Waals surface area (Å²) in [5.41, 5.74) is -1.47. The van der Waals surface area contributed by atoms with E-state index in [9.17, 15) is 22.8 Å². The first-order valence-corrected chi connectivity index (χ1v) is 11.7. The first kappa shape index (κ1) is 28.1. The van der Waals surface area contributed by atoms with E-state index in [-0.39, 0.29) is 42.8 Å². The maximum Gasteiger partial charge on any atom is 0.416 e. The van der Waals surface area contributed by atoms with Gasteiger partial charge in [-0.1, -0.05) is 32.4 Å². The quantitative estimate of drug-likeness (QED) is 0.450. The largest absolute Gasteiger partial charge is 0.416 e. The SMILES string of the molecule is CCC.CO[C@@H](C)COCCN[C@@H]1C=C[C@H](C(=O)N2CCn3c(cc(C(F)(F)F)cc3=O)C2)C1. The molecule has 0 radical (unpaired) electrons. The van der Waals surface area contributed by atoms with Gasteiger partial charge in [-0.15, -0.1) is 0 Å². The van der Waals surface area contributed by atoms with Crippen molar-refractivity contribution in [2.75, 3.05) is 33.4 Å². The van der Waals surface area contributed by atoms with Crippen molar-refractivity contribution in [1.82, 2.24) is 14.8 Å². The number of carbonyl (C=O) groups is 1. The highest BCUT2D eigenvalue weighted by Gasteiger charge is 2.34. The normalized spacial score (nSPS) is 20.5. The highest BCUT2D eigenvalue weighted by molar-refractivity contribution is 5.81. The lowest BCUT2D eigenvalue weighted by molar-refractivity contribution is -0.137. The van der Waals surface area contributed by atoms with E-state index in [4.69, 9.17) is 9.47 Å². The van der Waals surface area contributed by atoms with E-state index in [0.29, 0.717) is 38.8 Å². The van der Waals surface area contributed by atoms with Gasteiger partial charge in [0.05, 0.1) is 37.3 Å². The number of alkyl halides is 3. The Labute approximate surface area is 198 Å². The minimum absolute atomic E-state index is 0.00798. The molecule has 34 heavy (non-hydrogen) atoms. The number of amides is 1. The number of methoxy groups -OCH3 is 1. The molecule has 192 valence electrons. The van der Waals surface area contributed by atoms with Crippen molar-refractivity contribution in [2.45, 2.75) is 65.0 Å². The molecule has 3 rings (SSSR count). The Hall–Kier alpha value is -2.17. The van der Waals surface area contributed by atoms with Gasteiger partial charge in [-0.3, -0.25) is 9.59 Å². The fraction of sp³-hybridized carbons (Fsp3) is 0.667. The van der Waals surface area contributed by atoms with Crippen molar-refractivity contribution < 1.29 is 27.4 Å². The lowest BCUT2D eigenvalue weighted by Crippen LogP contribution is -2.44. The van der Waals surface area contributed by atoms with Gasteiger partial charge < -0.3 is 24.3 Å². The van der Waals surface area contributed by atoms with Crippen molar-refractivity contribution >= 4 is 5.91 Å². The van der Waals surface area contributed by atoms with Gasteiger partial charge in [-0.2, -0.15) is 13.2 Å². The Balaban J connectivity index is 0.00000129. The predicted molar refractivity (Wildman–Crippen MR) is 123 cm³/mol. The third kappa shape index (κ3) is 7.95. The third-order valence-corrected chi connectivity index (χ3v) is 5.61. The average Bonchev–Trinajstić information content (AvgIpc) is 3.26. The number of carbonyl (C=O) groups excluding carboxylic acids is 1. The molecule has 0 saturated heterocycles. The van der Waals surface area contributed by atoms with Gasteiger partial charge >= 0.3 is 6.18 Å². The minimum Gasteiger partial charge on any atom is -0.379 e. The number of nitrogens with zero attached hydrogens (tertiary/aromatic N) is 2. The van der Waals surface area contributed by atoms with Crippen LogP contribution in [0.1, 0.15) is 44.9 Å². The number of ether oxygens (including phenoxy) is 2. The van der Waals surface area contributed by atoms with Crippen LogP contribution in [0.5, 0.6) is 0 Å². The molecule has 0 bridgehead atoms. The van der Waals surface area contributed by atoms with Crippen molar-refractivity contribution in [3.05, 3.63) is 45.9 Å². The van der Waals surface area contributed by atoms with Gasteiger partial charge in [0.2, 0.25) is 5.91 Å². The van der Waals surface area contributed by atoms with Crippen LogP contribution in [0, 0.1) is 5.92 Å². The standard InChI is InChI=1S/C21H28F3N3O4.C3H8/c1-14(30-2)13-31-8-5-25-17-4-3-15(9-17)20(29)26-6-7-27-18(12-26)10-16(11-19(27)28)21(22,23)24;1-3-2/h3-4,10-11,14-15,17,25H,5-9,12-13H2,1-2H3;3H2,1-2H3/t14-,15-,17+;/m0./s1. The monoisotopic (exact) mass is 487 g/mol. The molecule has 0 aromatic carbocycles. The lowest BCUT2D eigenvalue weighted by Gasteiger charge is -2.32. The summed E-state index contributed by atoms with van der Waals surface area (Å²) in [5, 5.41) is 3.31. The molecule has 0 spiro atoms. The summed E-state index contributed by atoms with van der Waals surface area (Å²) in [6, 6.07) is 1.60. The second kappa shape index (κ2) is 13.1. The number of rotatable bonds is 8. The Morgan fingerprint density at radius 2 is 1.94 bits per heavy atom. The van der Waals surface area contributed by atoms with Crippen LogP contribution in [0.15, 0.2) is 29.1 Å². The van der Waals surface area contributed by atoms with E-state index < -0.39 is 17.3 Å². The number of halogens is 3. The summed E-state index contributed by atoms with van der Waals surface area (Å²) in [6.07, 6.45) is 1.04. The van der Waals surface area contributed by atoms with E-state index in [1.165, 1.54) is 15.9 Å². The smallest absolute Gasteiger partial charge is 0.379 e. The second-order valence-electron chi connectivity index (χ2n) is 8.60. The lowest BCUT2D eigenvalue weighted by atomic mass is 10.0. The summed E-state index contributed by atoms with van der Waals surface area (Å²) >= 11 is 0. The van der Waals surface area contributed by atoms with Gasteiger partial charge in [0.15, 0.2) is 0 Å². The fourth-order valence-electron chi connectivity index (χ4n) is 3.79. The van der Waals surface area contributed by atoms with Crippen molar-refractivity contribution in [1.29, 1.82) is 0 Å². The first-order chi connectivity index (χ1) is 16.1. The molecule has 1 aliphatic heterocycles. The van der Waals surface area contributed by atoms with E-state index in [0.717, 1.165) is 6.07 Å². The van der Waals surface area contributed by atoms with E-state index >= 15 is 0 Å². The highest BCUT2D eigenvalue weighted by Crippen LogP contribution is 2.30. The Bertz CT molecular complexity index is 885. The third-order valence-electron chi connectivity index (χ3n) is 5.61. The minimum atomic E-state index is -4.60. The van der Waals surface area contributed by atoms with Crippen molar-refractivity contribution in [3.8, 4) is 0 Å². The molecule has 1 aromatic rings. The number of fused-ring (bicyclic) bond motifs is 1. The van der Waals surface area contributed by atoms with Crippen LogP contribution in [-0.4, -0.2) is 60.9 Å². The molecule has 1 amide bonds. The zero-order valence-electron chi connectivity index (χ0n) is 20.4. The molecule has 1 aromatic heterocycles. The number of aromatic nitrogens is 1. The van der Waals surface area contributed by atoms with Gasteiger partial charge in [0.25, 0.3) is 5.56 Å². The molecule has 0 fully saturated rings. The maximum absolute atomic E-state index is 13.0. The van der Waals surface area contributed by atoms with Crippen LogP contribution in [0.3, 0.4) is 0 Å². The van der Waals surface area contributed by atoms with E-state index in [2.05, 4.69) is 19.2 Å². The summed E-state index contributed by atoms with van der Waals surface area (Å²) < 4.78 is 51.0. The number of pyridine rings is 1. The molecule has 2 aliphatic rings. The number of hydrogen-bond acceptors (Lipinski definition) is 5. The zero-order chi connectivity index (χ0) is 25.3. The summed E-state index contributed by atoms with van der Waals surface area (Å²) in [7, 11) is 1.63. The number of hydrogen-bond donors (Lipinski definition) is 1. The van der Waals surface area contributed by atoms with Crippen LogP contribution in [0.2, 0.25) is 0 Å². The summed E-state index contributed by atoms with van der Waals surface area (Å²) in [6.45, 7) is 8.31.